The molecule has 1 N–H and O–H groups in total. The van der Waals surface area contributed by atoms with Gasteiger partial charge in [0.1, 0.15) is 5.01 Å². The van der Waals surface area contributed by atoms with Crippen LogP contribution in [0.1, 0.15) is 11.9 Å². The summed E-state index contributed by atoms with van der Waals surface area (Å²) in [5, 5.41) is 12.4. The SMILES string of the molecule is CCc1nnc(NC(=O)CSC2=NC3C(=O)N(C)C(=O)N(C)C3=[N+]2C)s1. The minimum atomic E-state index is -0.756. The van der Waals surface area contributed by atoms with Gasteiger partial charge in [0.25, 0.3) is 23.0 Å². The third kappa shape index (κ3) is 3.21. The highest BCUT2D eigenvalue weighted by Crippen LogP contribution is 2.22. The zero-order valence-electron chi connectivity index (χ0n) is 14.7. The van der Waals surface area contributed by atoms with Crippen LogP contribution in [0.5, 0.6) is 0 Å². The van der Waals surface area contributed by atoms with Crippen LogP contribution in [0.4, 0.5) is 9.93 Å². The van der Waals surface area contributed by atoms with Crippen LogP contribution in [0.3, 0.4) is 0 Å². The first-order chi connectivity index (χ1) is 12.3. The second-order valence-electron chi connectivity index (χ2n) is 5.66. The summed E-state index contributed by atoms with van der Waals surface area (Å²) < 4.78 is 1.67. The van der Waals surface area contributed by atoms with E-state index in [0.29, 0.717) is 16.1 Å². The monoisotopic (exact) mass is 396 g/mol. The molecule has 10 nitrogen and oxygen atoms in total. The van der Waals surface area contributed by atoms with Crippen molar-refractivity contribution in [2.45, 2.75) is 19.4 Å². The summed E-state index contributed by atoms with van der Waals surface area (Å²) >= 11 is 2.53. The molecular weight excluding hydrogens is 378 g/mol. The summed E-state index contributed by atoms with van der Waals surface area (Å²) in [6, 6.07) is -1.16. The van der Waals surface area contributed by atoms with Gasteiger partial charge in [0.2, 0.25) is 11.0 Å². The molecule has 3 rings (SSSR count). The van der Waals surface area contributed by atoms with Crippen LogP contribution < -0.4 is 5.32 Å². The van der Waals surface area contributed by atoms with Crippen LogP contribution in [-0.2, 0) is 16.0 Å². The standard InChI is InChI=1S/C14H17N7O3S2/c1-5-8-17-18-12(26-8)15-7(22)6-25-13-16-9-10(19(13)2)20(3)14(24)21(4)11(9)23/h9H,5-6H2,1-4H3/p+1. The Balaban J connectivity index is 1.67. The van der Waals surface area contributed by atoms with Gasteiger partial charge in [0.15, 0.2) is 0 Å². The summed E-state index contributed by atoms with van der Waals surface area (Å²) in [5.41, 5.74) is 0. The topological polar surface area (TPSA) is 111 Å². The Bertz CT molecular complexity index is 847. The van der Waals surface area contributed by atoms with Gasteiger partial charge in [-0.3, -0.25) is 19.8 Å². The molecule has 1 unspecified atom stereocenters. The Morgan fingerprint density at radius 3 is 2.69 bits per heavy atom. The molecule has 0 aromatic carbocycles. The number of nitrogens with one attached hydrogen (secondary N) is 1. The maximum Gasteiger partial charge on any atom is 0.388 e. The Kier molecular flexibility index (Phi) is 5.05. The highest BCUT2D eigenvalue weighted by molar-refractivity contribution is 8.14. The van der Waals surface area contributed by atoms with Gasteiger partial charge in [0.05, 0.1) is 19.8 Å². The molecule has 0 bridgehead atoms. The molecule has 4 amide bonds. The number of amidine groups is 2. The van der Waals surface area contributed by atoms with Gasteiger partial charge >= 0.3 is 6.03 Å². The van der Waals surface area contributed by atoms with Crippen molar-refractivity contribution in [3.63, 3.8) is 0 Å². The number of imide groups is 1. The van der Waals surface area contributed by atoms with Crippen molar-refractivity contribution >= 4 is 57.1 Å². The van der Waals surface area contributed by atoms with Gasteiger partial charge in [0, 0.05) is 7.05 Å². The summed E-state index contributed by atoms with van der Waals surface area (Å²) in [7, 11) is 4.75. The number of likely N-dealkylation sites (N-methyl/N-ethyl adjacent to an activating group) is 2. The molecule has 0 spiro atoms. The number of rotatable bonds is 4. The number of aromatic nitrogens is 2. The highest BCUT2D eigenvalue weighted by atomic mass is 32.2. The number of urea groups is 1. The second-order valence-corrected chi connectivity index (χ2v) is 7.67. The first-order valence-electron chi connectivity index (χ1n) is 7.82. The molecule has 1 aromatic heterocycles. The number of aliphatic imine (C=N–C) groups is 1. The molecule has 1 fully saturated rings. The first-order valence-corrected chi connectivity index (χ1v) is 9.62. The van der Waals surface area contributed by atoms with Crippen LogP contribution in [0, 0.1) is 0 Å². The molecule has 1 atom stereocenters. The van der Waals surface area contributed by atoms with Crippen LogP contribution in [0.25, 0.3) is 0 Å². The van der Waals surface area contributed by atoms with E-state index in [0.717, 1.165) is 16.3 Å². The van der Waals surface area contributed by atoms with Crippen LogP contribution in [-0.4, -0.2) is 86.4 Å². The van der Waals surface area contributed by atoms with E-state index in [2.05, 4.69) is 20.5 Å². The number of carbonyl (C=O) groups is 3. The zero-order chi connectivity index (χ0) is 19.0. The minimum absolute atomic E-state index is 0.103. The van der Waals surface area contributed by atoms with E-state index >= 15 is 0 Å². The van der Waals surface area contributed by atoms with E-state index in [1.807, 2.05) is 6.92 Å². The van der Waals surface area contributed by atoms with Gasteiger partial charge in [-0.05, 0) is 18.2 Å². The quantitative estimate of drug-likeness (QED) is 0.722. The van der Waals surface area contributed by atoms with Crippen LogP contribution in [0.2, 0.25) is 0 Å². The van der Waals surface area contributed by atoms with E-state index in [1.165, 1.54) is 35.0 Å². The average molecular weight is 396 g/mol. The van der Waals surface area contributed by atoms with Crippen LogP contribution in [0.15, 0.2) is 4.99 Å². The molecule has 0 radical (unpaired) electrons. The van der Waals surface area contributed by atoms with E-state index in [1.54, 1.807) is 18.7 Å². The Morgan fingerprint density at radius 2 is 2.04 bits per heavy atom. The van der Waals surface area contributed by atoms with Gasteiger partial charge in [-0.15, -0.1) is 15.2 Å². The number of anilines is 1. The molecule has 0 aliphatic carbocycles. The highest BCUT2D eigenvalue weighted by Gasteiger charge is 2.51. The van der Waals surface area contributed by atoms with Crippen molar-refractivity contribution in [3.05, 3.63) is 5.01 Å². The number of hydrogen-bond acceptors (Lipinski definition) is 8. The minimum Gasteiger partial charge on any atom is -0.300 e. The Morgan fingerprint density at radius 1 is 1.31 bits per heavy atom. The van der Waals surface area contributed by atoms with Gasteiger partial charge in [-0.25, -0.2) is 14.3 Å². The fourth-order valence-electron chi connectivity index (χ4n) is 2.58. The Labute approximate surface area is 158 Å². The predicted molar refractivity (Wildman–Crippen MR) is 98.7 cm³/mol. The molecule has 1 saturated heterocycles. The van der Waals surface area contributed by atoms with Crippen molar-refractivity contribution in [2.24, 2.45) is 4.99 Å². The number of thioether (sulfide) groups is 1. The third-order valence-corrected chi connectivity index (χ3v) is 5.97. The summed E-state index contributed by atoms with van der Waals surface area (Å²) in [5.74, 6) is -0.0161. The normalized spacial score (nSPS) is 19.8. The summed E-state index contributed by atoms with van der Waals surface area (Å²) in [6.45, 7) is 1.97. The van der Waals surface area contributed by atoms with Crippen molar-refractivity contribution in [1.82, 2.24) is 20.0 Å². The largest absolute Gasteiger partial charge is 0.388 e. The molecular formula is C14H18N7O3S2+. The lowest BCUT2D eigenvalue weighted by molar-refractivity contribution is -0.367. The number of amides is 4. The van der Waals surface area contributed by atoms with Crippen molar-refractivity contribution in [3.8, 4) is 0 Å². The van der Waals surface area contributed by atoms with E-state index in [-0.39, 0.29) is 17.6 Å². The molecule has 3 heterocycles. The number of hydrogen-bond donors (Lipinski definition) is 1. The number of fused-ring (bicyclic) bond motifs is 1. The molecule has 12 heteroatoms. The van der Waals surface area contributed by atoms with Gasteiger partial charge in [-0.2, -0.15) is 0 Å². The number of carbonyl (C=O) groups excluding carboxylic acids is 3. The predicted octanol–water partition coefficient (Wildman–Crippen LogP) is 0.0750. The lowest BCUT2D eigenvalue weighted by Crippen LogP contribution is -2.59. The molecule has 26 heavy (non-hydrogen) atoms. The molecule has 2 aliphatic rings. The lowest BCUT2D eigenvalue weighted by atomic mass is 10.2. The zero-order valence-corrected chi connectivity index (χ0v) is 16.3. The maximum atomic E-state index is 12.3. The molecule has 1 aromatic rings. The molecule has 138 valence electrons. The fraction of sp³-hybridized carbons (Fsp3) is 0.500. The average Bonchev–Trinajstić information content (AvgIpc) is 3.20. The number of aryl methyl sites for hydroxylation is 1. The first kappa shape index (κ1) is 18.5. The van der Waals surface area contributed by atoms with E-state index in [4.69, 9.17) is 0 Å². The Hall–Kier alpha value is -2.34. The van der Waals surface area contributed by atoms with Gasteiger partial charge < -0.3 is 0 Å². The maximum absolute atomic E-state index is 12.3. The second kappa shape index (κ2) is 7.11. The van der Waals surface area contributed by atoms with Crippen molar-refractivity contribution < 1.29 is 19.0 Å². The fourth-order valence-corrected chi connectivity index (χ4v) is 4.07. The molecule has 2 aliphatic heterocycles. The van der Waals surface area contributed by atoms with Crippen molar-refractivity contribution in [1.29, 1.82) is 0 Å². The molecule has 0 saturated carbocycles. The van der Waals surface area contributed by atoms with E-state index < -0.39 is 12.1 Å². The summed E-state index contributed by atoms with van der Waals surface area (Å²) in [6.07, 6.45) is 0.763. The summed E-state index contributed by atoms with van der Waals surface area (Å²) in [4.78, 5) is 43.3. The van der Waals surface area contributed by atoms with E-state index in [9.17, 15) is 14.4 Å². The smallest absolute Gasteiger partial charge is 0.300 e. The number of nitrogens with zero attached hydrogens (tertiary/aromatic N) is 6. The third-order valence-electron chi connectivity index (χ3n) is 3.94. The van der Waals surface area contributed by atoms with Crippen LogP contribution >= 0.6 is 23.1 Å². The lowest BCUT2D eigenvalue weighted by Gasteiger charge is -2.27. The van der Waals surface area contributed by atoms with Crippen molar-refractivity contribution in [2.75, 3.05) is 32.2 Å². The van der Waals surface area contributed by atoms with Gasteiger partial charge in [-0.1, -0.05) is 18.3 Å².